The Hall–Kier alpha value is -2.49. The number of aliphatic carboxylic acids is 1. The number of benzene rings is 2. The summed E-state index contributed by atoms with van der Waals surface area (Å²) in [5.41, 5.74) is 4.75. The maximum absolute atomic E-state index is 13.1. The first-order valence-corrected chi connectivity index (χ1v) is 12.2. The van der Waals surface area contributed by atoms with Crippen molar-refractivity contribution in [3.05, 3.63) is 88.2 Å². The standard InChI is InChI=1S/C26H25ClN2O3S.Li.H/c1-17-5-3-4-6-20(17)22-15-18(7-9-19-16-28-13-11-23(19)27)8-10-21(22)25(30)29-24(26(31)32)12-14-33-2;;/h3-11,13,15-16,24H,12,14H2,1-2H3,(H,29,30)(H,31,32);;/q;+1;-1. The second-order valence-corrected chi connectivity index (χ2v) is 8.89. The van der Waals surface area contributed by atoms with Crippen LogP contribution in [0, 0.1) is 6.92 Å². The van der Waals surface area contributed by atoms with Crippen molar-refractivity contribution in [2.24, 2.45) is 0 Å². The molecule has 5 nitrogen and oxygen atoms in total. The molecule has 1 unspecified atom stereocenters. The van der Waals surface area contributed by atoms with E-state index in [1.807, 2.05) is 61.7 Å². The molecule has 0 aliphatic rings. The van der Waals surface area contributed by atoms with Crippen LogP contribution in [0.2, 0.25) is 5.02 Å². The molecule has 2 aromatic carbocycles. The number of hydrogen-bond acceptors (Lipinski definition) is 4. The summed E-state index contributed by atoms with van der Waals surface area (Å²) in [6, 6.07) is 14.1. The molecule has 0 aliphatic carbocycles. The second-order valence-electron chi connectivity index (χ2n) is 7.50. The first-order chi connectivity index (χ1) is 15.9. The third-order valence-corrected chi connectivity index (χ3v) is 6.18. The van der Waals surface area contributed by atoms with E-state index in [0.717, 1.165) is 27.8 Å². The SMILES string of the molecule is CSCCC(NC(=O)c1ccc(C=Cc2cnccc2Cl)cc1-c1ccccc1C)C(=O)O.[H-].[Li+]. The number of hydrogen-bond donors (Lipinski definition) is 2. The van der Waals surface area contributed by atoms with E-state index in [4.69, 9.17) is 11.6 Å². The van der Waals surface area contributed by atoms with Crippen molar-refractivity contribution in [1.29, 1.82) is 0 Å². The number of nitrogens with zero attached hydrogens (tertiary/aromatic N) is 1. The molecule has 0 saturated carbocycles. The summed E-state index contributed by atoms with van der Waals surface area (Å²) in [5.74, 6) is -0.807. The molecule has 3 aromatic rings. The van der Waals surface area contributed by atoms with Crippen molar-refractivity contribution in [2.75, 3.05) is 12.0 Å². The minimum Gasteiger partial charge on any atom is -1.00 e. The Balaban J connectivity index is 0.00000306. The van der Waals surface area contributed by atoms with Crippen LogP contribution in [0.3, 0.4) is 0 Å². The van der Waals surface area contributed by atoms with Crippen LogP contribution in [0.5, 0.6) is 0 Å². The Labute approximate surface area is 222 Å². The number of pyridine rings is 1. The molecule has 0 bridgehead atoms. The predicted octanol–water partition coefficient (Wildman–Crippen LogP) is 2.93. The summed E-state index contributed by atoms with van der Waals surface area (Å²) in [7, 11) is 0. The number of carboxylic acid groups (broad SMARTS) is 1. The molecule has 0 fully saturated rings. The zero-order valence-electron chi connectivity index (χ0n) is 20.4. The van der Waals surface area contributed by atoms with Crippen molar-refractivity contribution in [2.45, 2.75) is 19.4 Å². The van der Waals surface area contributed by atoms with Crippen molar-refractivity contribution >= 4 is 47.4 Å². The molecule has 1 aromatic heterocycles. The normalized spacial score (nSPS) is 11.6. The van der Waals surface area contributed by atoms with Gasteiger partial charge < -0.3 is 11.8 Å². The average molecular weight is 489 g/mol. The minimum absolute atomic E-state index is 0. The summed E-state index contributed by atoms with van der Waals surface area (Å²) in [6.07, 6.45) is 9.35. The Kier molecular flexibility index (Phi) is 10.9. The Morgan fingerprint density at radius 3 is 2.62 bits per heavy atom. The summed E-state index contributed by atoms with van der Waals surface area (Å²) in [6.45, 7) is 1.98. The quantitative estimate of drug-likeness (QED) is 0.453. The van der Waals surface area contributed by atoms with Gasteiger partial charge in [-0.2, -0.15) is 11.8 Å². The van der Waals surface area contributed by atoms with Crippen molar-refractivity contribution in [1.82, 2.24) is 10.3 Å². The van der Waals surface area contributed by atoms with Gasteiger partial charge in [-0.25, -0.2) is 4.79 Å². The molecular weight excluding hydrogens is 463 g/mol. The fraction of sp³-hybridized carbons (Fsp3) is 0.192. The minimum atomic E-state index is -1.04. The number of halogens is 1. The maximum atomic E-state index is 13.1. The van der Waals surface area contributed by atoms with E-state index in [0.29, 0.717) is 22.8 Å². The van der Waals surface area contributed by atoms with E-state index in [2.05, 4.69) is 10.3 Å². The molecular formula is C26H26ClLiN2O3S. The average Bonchev–Trinajstić information content (AvgIpc) is 2.81. The van der Waals surface area contributed by atoms with Crippen LogP contribution in [0.1, 0.15) is 34.9 Å². The molecule has 34 heavy (non-hydrogen) atoms. The number of aryl methyl sites for hydroxylation is 1. The van der Waals surface area contributed by atoms with Crippen LogP contribution in [-0.2, 0) is 4.79 Å². The summed E-state index contributed by atoms with van der Waals surface area (Å²) < 4.78 is 0. The van der Waals surface area contributed by atoms with Gasteiger partial charge in [-0.15, -0.1) is 0 Å². The van der Waals surface area contributed by atoms with Crippen LogP contribution in [0.15, 0.2) is 60.9 Å². The molecule has 1 atom stereocenters. The fourth-order valence-electron chi connectivity index (χ4n) is 3.39. The number of carbonyl (C=O) groups excluding carboxylic acids is 1. The molecule has 0 radical (unpaired) electrons. The number of nitrogens with one attached hydrogen (secondary N) is 1. The van der Waals surface area contributed by atoms with Gasteiger partial charge in [-0.1, -0.05) is 54.1 Å². The predicted molar refractivity (Wildman–Crippen MR) is 138 cm³/mol. The number of thioether (sulfide) groups is 1. The molecule has 0 saturated heterocycles. The van der Waals surface area contributed by atoms with E-state index in [-0.39, 0.29) is 20.3 Å². The molecule has 0 spiro atoms. The molecule has 3 rings (SSSR count). The van der Waals surface area contributed by atoms with E-state index in [1.165, 1.54) is 0 Å². The number of amides is 1. The van der Waals surface area contributed by atoms with Gasteiger partial charge >= 0.3 is 24.8 Å². The third-order valence-electron chi connectivity index (χ3n) is 5.19. The number of rotatable bonds is 9. The maximum Gasteiger partial charge on any atom is 1.00 e. The Bertz CT molecular complexity index is 1190. The molecule has 8 heteroatoms. The Morgan fingerprint density at radius 1 is 1.18 bits per heavy atom. The van der Waals surface area contributed by atoms with Crippen molar-refractivity contribution < 1.29 is 35.0 Å². The van der Waals surface area contributed by atoms with E-state index in [9.17, 15) is 14.7 Å². The summed E-state index contributed by atoms with van der Waals surface area (Å²) >= 11 is 7.76. The summed E-state index contributed by atoms with van der Waals surface area (Å²) in [4.78, 5) is 28.9. The van der Waals surface area contributed by atoms with Gasteiger partial charge in [0, 0.05) is 23.5 Å². The first-order valence-electron chi connectivity index (χ1n) is 10.4. The van der Waals surface area contributed by atoms with Gasteiger partial charge in [0.05, 0.1) is 5.02 Å². The van der Waals surface area contributed by atoms with Crippen LogP contribution >= 0.6 is 23.4 Å². The zero-order valence-corrected chi connectivity index (χ0v) is 21.0. The number of aromatic nitrogens is 1. The number of carboxylic acids is 1. The van der Waals surface area contributed by atoms with E-state index >= 15 is 0 Å². The fourth-order valence-corrected chi connectivity index (χ4v) is 4.03. The Morgan fingerprint density at radius 2 is 1.94 bits per heavy atom. The van der Waals surface area contributed by atoms with Gasteiger partial charge in [0.2, 0.25) is 0 Å². The van der Waals surface area contributed by atoms with Gasteiger partial charge in [0.25, 0.3) is 5.91 Å². The second kappa shape index (κ2) is 13.4. The van der Waals surface area contributed by atoms with Crippen LogP contribution < -0.4 is 24.2 Å². The van der Waals surface area contributed by atoms with Crippen molar-refractivity contribution in [3.8, 4) is 11.1 Å². The smallest absolute Gasteiger partial charge is 1.00 e. The monoisotopic (exact) mass is 488 g/mol. The van der Waals surface area contributed by atoms with Gasteiger partial charge in [0.15, 0.2) is 0 Å². The summed E-state index contributed by atoms with van der Waals surface area (Å²) in [5, 5.41) is 12.8. The molecule has 172 valence electrons. The number of carbonyl (C=O) groups is 2. The zero-order chi connectivity index (χ0) is 23.8. The van der Waals surface area contributed by atoms with Gasteiger partial charge in [-0.05, 0) is 65.8 Å². The largest absolute Gasteiger partial charge is 1.00 e. The molecule has 2 N–H and O–H groups in total. The third kappa shape index (κ3) is 7.25. The molecule has 0 aliphatic heterocycles. The van der Waals surface area contributed by atoms with Crippen LogP contribution in [0.25, 0.3) is 23.3 Å². The molecule has 1 amide bonds. The van der Waals surface area contributed by atoms with Crippen molar-refractivity contribution in [3.63, 3.8) is 0 Å². The van der Waals surface area contributed by atoms with E-state index < -0.39 is 17.9 Å². The topological polar surface area (TPSA) is 79.3 Å². The van der Waals surface area contributed by atoms with Crippen LogP contribution in [0.4, 0.5) is 0 Å². The first kappa shape index (κ1) is 27.7. The van der Waals surface area contributed by atoms with Crippen LogP contribution in [-0.4, -0.2) is 40.0 Å². The molecule has 1 heterocycles. The van der Waals surface area contributed by atoms with Gasteiger partial charge in [-0.3, -0.25) is 9.78 Å². The van der Waals surface area contributed by atoms with Gasteiger partial charge in [0.1, 0.15) is 6.04 Å². The van der Waals surface area contributed by atoms with E-state index in [1.54, 1.807) is 36.3 Å².